The number of hydrogen-bond acceptors (Lipinski definition) is 3. The highest BCUT2D eigenvalue weighted by Crippen LogP contribution is 2.35. The topological polar surface area (TPSA) is 35.5 Å². The summed E-state index contributed by atoms with van der Waals surface area (Å²) in [5, 5.41) is 0. The summed E-state index contributed by atoms with van der Waals surface area (Å²) >= 11 is 0. The molecule has 0 heterocycles. The summed E-state index contributed by atoms with van der Waals surface area (Å²) in [6.07, 6.45) is 2.70. The molecule has 0 aromatic carbocycles. The minimum Gasteiger partial charge on any atom is -0.431 e. The first-order chi connectivity index (χ1) is 9.11. The Balaban J connectivity index is 2.57. The number of ether oxygens (including phenoxy) is 2. The summed E-state index contributed by atoms with van der Waals surface area (Å²) in [5.41, 5.74) is -0.0592. The SMILES string of the molecule is CC(C)[C@@H]1CC[C@@H](C)C[C@H]1OC(=O)O[C@@H](C)C(C)(C)C. The second-order valence-electron chi connectivity index (χ2n) is 7.86. The second kappa shape index (κ2) is 6.82. The molecule has 3 nitrogen and oxygen atoms in total. The predicted octanol–water partition coefficient (Wildman–Crippen LogP) is 5.04. The third kappa shape index (κ3) is 4.99. The van der Waals surface area contributed by atoms with Crippen molar-refractivity contribution in [2.75, 3.05) is 0 Å². The van der Waals surface area contributed by atoms with Crippen LogP contribution in [0.2, 0.25) is 0 Å². The van der Waals surface area contributed by atoms with E-state index in [1.807, 2.05) is 6.92 Å². The highest BCUT2D eigenvalue weighted by molar-refractivity contribution is 5.60. The lowest BCUT2D eigenvalue weighted by Crippen LogP contribution is -2.37. The van der Waals surface area contributed by atoms with E-state index in [-0.39, 0.29) is 17.6 Å². The molecule has 0 aromatic rings. The van der Waals surface area contributed by atoms with Crippen molar-refractivity contribution in [2.45, 2.75) is 79.9 Å². The van der Waals surface area contributed by atoms with Gasteiger partial charge < -0.3 is 9.47 Å². The molecular formula is C17H32O3. The molecule has 1 rings (SSSR count). The summed E-state index contributed by atoms with van der Waals surface area (Å²) in [7, 11) is 0. The maximum absolute atomic E-state index is 12.0. The highest BCUT2D eigenvalue weighted by atomic mass is 16.7. The fraction of sp³-hybridized carbons (Fsp3) is 0.941. The van der Waals surface area contributed by atoms with Gasteiger partial charge in [-0.05, 0) is 42.9 Å². The molecule has 0 N–H and O–H groups in total. The van der Waals surface area contributed by atoms with Gasteiger partial charge in [-0.1, -0.05) is 48.0 Å². The van der Waals surface area contributed by atoms with Crippen molar-refractivity contribution >= 4 is 6.16 Å². The fourth-order valence-electron chi connectivity index (χ4n) is 2.72. The van der Waals surface area contributed by atoms with E-state index in [1.165, 1.54) is 6.42 Å². The molecule has 1 aliphatic rings. The molecule has 118 valence electrons. The molecule has 0 bridgehead atoms. The van der Waals surface area contributed by atoms with Crippen molar-refractivity contribution < 1.29 is 14.3 Å². The quantitative estimate of drug-likeness (QED) is 0.681. The molecule has 20 heavy (non-hydrogen) atoms. The molecule has 0 unspecified atom stereocenters. The molecule has 4 atom stereocenters. The lowest BCUT2D eigenvalue weighted by atomic mass is 9.75. The Hall–Kier alpha value is -0.730. The van der Waals surface area contributed by atoms with Crippen LogP contribution in [0.3, 0.4) is 0 Å². The van der Waals surface area contributed by atoms with Crippen LogP contribution in [0, 0.1) is 23.2 Å². The molecule has 1 fully saturated rings. The fourth-order valence-corrected chi connectivity index (χ4v) is 2.72. The smallest absolute Gasteiger partial charge is 0.431 e. The average Bonchev–Trinajstić information content (AvgIpc) is 2.26. The first-order valence-corrected chi connectivity index (χ1v) is 7.98. The van der Waals surface area contributed by atoms with Crippen LogP contribution in [-0.4, -0.2) is 18.4 Å². The predicted molar refractivity (Wildman–Crippen MR) is 81.6 cm³/mol. The molecule has 1 aliphatic carbocycles. The van der Waals surface area contributed by atoms with Crippen molar-refractivity contribution in [3.8, 4) is 0 Å². The van der Waals surface area contributed by atoms with Gasteiger partial charge in [0.15, 0.2) is 0 Å². The molecule has 0 aromatic heterocycles. The van der Waals surface area contributed by atoms with E-state index in [9.17, 15) is 4.79 Å². The molecule has 1 saturated carbocycles. The second-order valence-corrected chi connectivity index (χ2v) is 7.86. The summed E-state index contributed by atoms with van der Waals surface area (Å²) in [4.78, 5) is 12.0. The average molecular weight is 284 g/mol. The zero-order valence-electron chi connectivity index (χ0n) is 14.2. The van der Waals surface area contributed by atoms with E-state index in [1.54, 1.807) is 0 Å². The van der Waals surface area contributed by atoms with E-state index >= 15 is 0 Å². The van der Waals surface area contributed by atoms with Crippen molar-refractivity contribution in [1.82, 2.24) is 0 Å². The van der Waals surface area contributed by atoms with Crippen LogP contribution in [-0.2, 0) is 9.47 Å². The molecule has 0 spiro atoms. The van der Waals surface area contributed by atoms with Crippen LogP contribution in [0.1, 0.15) is 67.7 Å². The Morgan fingerprint density at radius 3 is 2.25 bits per heavy atom. The van der Waals surface area contributed by atoms with Gasteiger partial charge in [-0.3, -0.25) is 0 Å². The largest absolute Gasteiger partial charge is 0.508 e. The lowest BCUT2D eigenvalue weighted by Gasteiger charge is -2.37. The summed E-state index contributed by atoms with van der Waals surface area (Å²) < 4.78 is 11.1. The van der Waals surface area contributed by atoms with Crippen molar-refractivity contribution in [3.05, 3.63) is 0 Å². The van der Waals surface area contributed by atoms with E-state index in [0.717, 1.165) is 12.8 Å². The van der Waals surface area contributed by atoms with Crippen LogP contribution >= 0.6 is 0 Å². The van der Waals surface area contributed by atoms with E-state index < -0.39 is 6.16 Å². The molecule has 0 radical (unpaired) electrons. The van der Waals surface area contributed by atoms with Crippen LogP contribution in [0.4, 0.5) is 4.79 Å². The van der Waals surface area contributed by atoms with Crippen LogP contribution in [0.5, 0.6) is 0 Å². The zero-order valence-corrected chi connectivity index (χ0v) is 14.2. The highest BCUT2D eigenvalue weighted by Gasteiger charge is 2.34. The Morgan fingerprint density at radius 2 is 1.75 bits per heavy atom. The van der Waals surface area contributed by atoms with E-state index in [2.05, 4.69) is 41.5 Å². The van der Waals surface area contributed by atoms with Gasteiger partial charge in [0.1, 0.15) is 12.2 Å². The monoisotopic (exact) mass is 284 g/mol. The first kappa shape index (κ1) is 17.3. The standard InChI is InChI=1S/C17H32O3/c1-11(2)14-9-8-12(3)10-15(14)20-16(18)19-13(4)17(5,6)7/h11-15H,8-10H2,1-7H3/t12-,13+,14+,15-/m1/s1. The number of carbonyl (C=O) groups is 1. The molecule has 0 aliphatic heterocycles. The minimum atomic E-state index is -0.503. The normalized spacial score (nSPS) is 29.1. The Labute approximate surface area is 124 Å². The minimum absolute atomic E-state index is 0.0124. The van der Waals surface area contributed by atoms with Gasteiger partial charge >= 0.3 is 6.16 Å². The van der Waals surface area contributed by atoms with Gasteiger partial charge in [0.2, 0.25) is 0 Å². The summed E-state index contributed by atoms with van der Waals surface area (Å²) in [5.74, 6) is 1.63. The van der Waals surface area contributed by atoms with Gasteiger partial charge in [0.05, 0.1) is 0 Å². The third-order valence-electron chi connectivity index (χ3n) is 4.70. The number of rotatable bonds is 3. The Bertz CT molecular complexity index is 317. The number of carbonyl (C=O) groups excluding carboxylic acids is 1. The van der Waals surface area contributed by atoms with E-state index in [0.29, 0.717) is 17.8 Å². The van der Waals surface area contributed by atoms with Gasteiger partial charge in [0.25, 0.3) is 0 Å². The van der Waals surface area contributed by atoms with Crippen LogP contribution in [0.25, 0.3) is 0 Å². The van der Waals surface area contributed by atoms with Gasteiger partial charge in [0, 0.05) is 0 Å². The first-order valence-electron chi connectivity index (χ1n) is 7.98. The summed E-state index contributed by atoms with van der Waals surface area (Å²) in [6, 6.07) is 0. The Kier molecular flexibility index (Phi) is 5.91. The van der Waals surface area contributed by atoms with Crippen molar-refractivity contribution in [2.24, 2.45) is 23.2 Å². The van der Waals surface area contributed by atoms with Crippen molar-refractivity contribution in [3.63, 3.8) is 0 Å². The lowest BCUT2D eigenvalue weighted by molar-refractivity contribution is -0.0589. The molecule has 0 saturated heterocycles. The summed E-state index contributed by atoms with van der Waals surface area (Å²) in [6.45, 7) is 14.8. The Morgan fingerprint density at radius 1 is 1.15 bits per heavy atom. The number of hydrogen-bond donors (Lipinski definition) is 0. The molecule has 3 heteroatoms. The third-order valence-corrected chi connectivity index (χ3v) is 4.70. The van der Waals surface area contributed by atoms with Crippen LogP contribution < -0.4 is 0 Å². The van der Waals surface area contributed by atoms with Crippen LogP contribution in [0.15, 0.2) is 0 Å². The maximum Gasteiger partial charge on any atom is 0.508 e. The zero-order chi connectivity index (χ0) is 15.5. The molecule has 0 amide bonds. The van der Waals surface area contributed by atoms with Crippen molar-refractivity contribution in [1.29, 1.82) is 0 Å². The maximum atomic E-state index is 12.0. The van der Waals surface area contributed by atoms with Gasteiger partial charge in [-0.15, -0.1) is 0 Å². The van der Waals surface area contributed by atoms with Gasteiger partial charge in [-0.25, -0.2) is 4.79 Å². The molecular weight excluding hydrogens is 252 g/mol. The van der Waals surface area contributed by atoms with E-state index in [4.69, 9.17) is 9.47 Å². The van der Waals surface area contributed by atoms with Gasteiger partial charge in [-0.2, -0.15) is 0 Å².